The molecule has 4 nitrogen and oxygen atoms in total. The van der Waals surface area contributed by atoms with E-state index in [1.165, 1.54) is 5.56 Å². The van der Waals surface area contributed by atoms with Crippen LogP contribution >= 0.6 is 15.9 Å². The average Bonchev–Trinajstić information content (AvgIpc) is 2.50. The van der Waals surface area contributed by atoms with E-state index in [1.54, 1.807) is 7.11 Å². The van der Waals surface area contributed by atoms with E-state index in [9.17, 15) is 5.11 Å². The molecule has 0 spiro atoms. The van der Waals surface area contributed by atoms with Crippen molar-refractivity contribution in [1.29, 1.82) is 0 Å². The lowest BCUT2D eigenvalue weighted by Crippen LogP contribution is -2.14. The van der Waals surface area contributed by atoms with Gasteiger partial charge in [0, 0.05) is 24.8 Å². The zero-order valence-electron chi connectivity index (χ0n) is 12.6. The highest BCUT2D eigenvalue weighted by Gasteiger charge is 2.08. The van der Waals surface area contributed by atoms with Gasteiger partial charge in [0.15, 0.2) is 0 Å². The van der Waals surface area contributed by atoms with Gasteiger partial charge in [0.2, 0.25) is 0 Å². The lowest BCUT2D eigenvalue weighted by Gasteiger charge is -2.14. The van der Waals surface area contributed by atoms with E-state index < -0.39 is 0 Å². The topological polar surface area (TPSA) is 47.9 Å². The minimum Gasteiger partial charge on any atom is -0.396 e. The van der Waals surface area contributed by atoms with Crippen molar-refractivity contribution in [2.75, 3.05) is 46.8 Å². The molecule has 1 N–H and O–H groups in total. The zero-order chi connectivity index (χ0) is 15.3. The highest BCUT2D eigenvalue weighted by molar-refractivity contribution is 9.10. The summed E-state index contributed by atoms with van der Waals surface area (Å²) in [5.41, 5.74) is 1.24. The van der Waals surface area contributed by atoms with Gasteiger partial charge in [-0.3, -0.25) is 0 Å². The Balaban J connectivity index is 2.09. The Kier molecular flexibility index (Phi) is 10.7. The molecule has 0 saturated heterocycles. The number of rotatable bonds is 12. The molecule has 0 aromatic heterocycles. The fourth-order valence-electron chi connectivity index (χ4n) is 1.93. The Bertz CT molecular complexity index is 356. The number of hydrogen-bond donors (Lipinski definition) is 1. The van der Waals surface area contributed by atoms with Crippen LogP contribution in [0.1, 0.15) is 12.0 Å². The molecular weight excluding hydrogens is 336 g/mol. The Morgan fingerprint density at radius 2 is 1.62 bits per heavy atom. The van der Waals surface area contributed by atoms with Crippen LogP contribution in [0.3, 0.4) is 0 Å². The summed E-state index contributed by atoms with van der Waals surface area (Å²) < 4.78 is 16.8. The Hall–Kier alpha value is -0.460. The van der Waals surface area contributed by atoms with Crippen LogP contribution in [0.2, 0.25) is 0 Å². The first-order chi connectivity index (χ1) is 10.3. The molecule has 0 radical (unpaired) electrons. The number of halogens is 1. The summed E-state index contributed by atoms with van der Waals surface area (Å²) in [5, 5.41) is 9.44. The third-order valence-electron chi connectivity index (χ3n) is 3.17. The normalized spacial score (nSPS) is 12.5. The number of aliphatic hydroxyl groups is 1. The molecular formula is C16H25BrO4. The predicted molar refractivity (Wildman–Crippen MR) is 86.6 cm³/mol. The van der Waals surface area contributed by atoms with Gasteiger partial charge in [-0.15, -0.1) is 0 Å². The quantitative estimate of drug-likeness (QED) is 0.582. The monoisotopic (exact) mass is 360 g/mol. The van der Waals surface area contributed by atoms with E-state index in [1.807, 2.05) is 12.1 Å². The van der Waals surface area contributed by atoms with E-state index in [2.05, 4.69) is 28.1 Å². The minimum atomic E-state index is 0.184. The van der Waals surface area contributed by atoms with Crippen LogP contribution in [0, 0.1) is 5.92 Å². The first kappa shape index (κ1) is 18.6. The predicted octanol–water partition coefficient (Wildman–Crippen LogP) is 2.67. The van der Waals surface area contributed by atoms with Crippen molar-refractivity contribution in [3.05, 3.63) is 34.3 Å². The van der Waals surface area contributed by atoms with E-state index in [4.69, 9.17) is 14.2 Å². The zero-order valence-corrected chi connectivity index (χ0v) is 14.2. The van der Waals surface area contributed by atoms with Crippen molar-refractivity contribution < 1.29 is 19.3 Å². The van der Waals surface area contributed by atoms with Crippen molar-refractivity contribution in [1.82, 2.24) is 0 Å². The summed E-state index contributed by atoms with van der Waals surface area (Å²) in [6.45, 7) is 3.21. The maximum atomic E-state index is 9.44. The van der Waals surface area contributed by atoms with Crippen LogP contribution in [-0.2, 0) is 20.6 Å². The number of hydrogen-bond acceptors (Lipinski definition) is 4. The highest BCUT2D eigenvalue weighted by atomic mass is 79.9. The molecule has 0 aliphatic heterocycles. The third-order valence-corrected chi connectivity index (χ3v) is 3.70. The molecule has 0 bridgehead atoms. The van der Waals surface area contributed by atoms with Gasteiger partial charge in [0.25, 0.3) is 0 Å². The van der Waals surface area contributed by atoms with Crippen molar-refractivity contribution in [3.63, 3.8) is 0 Å². The fourth-order valence-corrected chi connectivity index (χ4v) is 2.19. The maximum absolute atomic E-state index is 9.44. The van der Waals surface area contributed by atoms with E-state index in [-0.39, 0.29) is 12.5 Å². The van der Waals surface area contributed by atoms with Crippen LogP contribution in [-0.4, -0.2) is 51.9 Å². The van der Waals surface area contributed by atoms with Gasteiger partial charge in [-0.05, 0) is 36.5 Å². The second-order valence-electron chi connectivity index (χ2n) is 4.89. The van der Waals surface area contributed by atoms with Crippen LogP contribution in [0.5, 0.6) is 0 Å². The third kappa shape index (κ3) is 9.22. The molecule has 1 atom stereocenters. The van der Waals surface area contributed by atoms with Crippen molar-refractivity contribution in [2.45, 2.75) is 12.8 Å². The minimum absolute atomic E-state index is 0.184. The largest absolute Gasteiger partial charge is 0.396 e. The number of ether oxygens (including phenoxy) is 3. The molecule has 1 aromatic carbocycles. The van der Waals surface area contributed by atoms with Gasteiger partial charge < -0.3 is 19.3 Å². The molecule has 120 valence electrons. The van der Waals surface area contributed by atoms with E-state index in [0.717, 1.165) is 17.3 Å². The SMILES string of the molecule is COCCOCCOCCC(CO)Cc1ccc(Br)cc1. The molecule has 0 amide bonds. The molecule has 5 heteroatoms. The highest BCUT2D eigenvalue weighted by Crippen LogP contribution is 2.15. The van der Waals surface area contributed by atoms with Gasteiger partial charge in [-0.1, -0.05) is 28.1 Å². The molecule has 0 heterocycles. The lowest BCUT2D eigenvalue weighted by molar-refractivity contribution is 0.0201. The summed E-state index contributed by atoms with van der Waals surface area (Å²) in [4.78, 5) is 0. The van der Waals surface area contributed by atoms with Crippen molar-refractivity contribution in [2.24, 2.45) is 5.92 Å². The first-order valence-electron chi connectivity index (χ1n) is 7.26. The Morgan fingerprint density at radius 1 is 1.00 bits per heavy atom. The summed E-state index contributed by atoms with van der Waals surface area (Å²) in [5.74, 6) is 0.237. The Labute approximate surface area is 135 Å². The number of methoxy groups -OCH3 is 1. The van der Waals surface area contributed by atoms with E-state index in [0.29, 0.717) is 33.0 Å². The maximum Gasteiger partial charge on any atom is 0.0701 e. The Morgan fingerprint density at radius 3 is 2.24 bits per heavy atom. The summed E-state index contributed by atoms with van der Waals surface area (Å²) >= 11 is 3.42. The first-order valence-corrected chi connectivity index (χ1v) is 8.05. The molecule has 0 saturated carbocycles. The molecule has 0 fully saturated rings. The molecule has 1 rings (SSSR count). The van der Waals surface area contributed by atoms with Crippen molar-refractivity contribution in [3.8, 4) is 0 Å². The standard InChI is InChI=1S/C16H25BrO4/c1-19-8-9-21-11-10-20-7-6-15(13-18)12-14-2-4-16(17)5-3-14/h2-5,15,18H,6-13H2,1H3. The second kappa shape index (κ2) is 12.1. The van der Waals surface area contributed by atoms with Crippen molar-refractivity contribution >= 4 is 15.9 Å². The van der Waals surface area contributed by atoms with E-state index >= 15 is 0 Å². The van der Waals surface area contributed by atoms with Crippen LogP contribution in [0.25, 0.3) is 0 Å². The number of aliphatic hydroxyl groups excluding tert-OH is 1. The molecule has 0 aliphatic rings. The molecule has 21 heavy (non-hydrogen) atoms. The van der Waals surface area contributed by atoms with Crippen LogP contribution in [0.4, 0.5) is 0 Å². The second-order valence-corrected chi connectivity index (χ2v) is 5.80. The van der Waals surface area contributed by atoms with Gasteiger partial charge in [-0.25, -0.2) is 0 Å². The smallest absolute Gasteiger partial charge is 0.0701 e. The van der Waals surface area contributed by atoms with Gasteiger partial charge in [-0.2, -0.15) is 0 Å². The molecule has 0 aliphatic carbocycles. The van der Waals surface area contributed by atoms with Gasteiger partial charge in [0.1, 0.15) is 0 Å². The summed E-state index contributed by atoms with van der Waals surface area (Å²) in [6.07, 6.45) is 1.72. The van der Waals surface area contributed by atoms with Crippen LogP contribution in [0.15, 0.2) is 28.7 Å². The molecule has 1 unspecified atom stereocenters. The molecule has 1 aromatic rings. The number of benzene rings is 1. The average molecular weight is 361 g/mol. The fraction of sp³-hybridized carbons (Fsp3) is 0.625. The summed E-state index contributed by atoms with van der Waals surface area (Å²) in [6, 6.07) is 8.21. The van der Waals surface area contributed by atoms with Crippen LogP contribution < -0.4 is 0 Å². The van der Waals surface area contributed by atoms with Gasteiger partial charge in [0.05, 0.1) is 26.4 Å². The lowest BCUT2D eigenvalue weighted by atomic mass is 9.97. The summed E-state index contributed by atoms with van der Waals surface area (Å²) in [7, 11) is 1.65. The van der Waals surface area contributed by atoms with Gasteiger partial charge >= 0.3 is 0 Å².